The van der Waals surface area contributed by atoms with Gasteiger partial charge in [0.15, 0.2) is 23.4 Å². The van der Waals surface area contributed by atoms with E-state index in [9.17, 15) is 24.0 Å². The van der Waals surface area contributed by atoms with Crippen molar-refractivity contribution < 1.29 is 47.7 Å². The van der Waals surface area contributed by atoms with Crippen molar-refractivity contribution >= 4 is 47.1 Å². The lowest BCUT2D eigenvalue weighted by Crippen LogP contribution is -2.73. The summed E-state index contributed by atoms with van der Waals surface area (Å²) >= 11 is 5.24. The number of esters is 4. The maximum atomic E-state index is 13.7. The van der Waals surface area contributed by atoms with Crippen LogP contribution in [0.25, 0.3) is 0 Å². The van der Waals surface area contributed by atoms with Crippen LogP contribution in [0.2, 0.25) is 0 Å². The van der Waals surface area contributed by atoms with Crippen LogP contribution in [0.15, 0.2) is 121 Å². The summed E-state index contributed by atoms with van der Waals surface area (Å²) in [5, 5.41) is 4.97. The zero-order chi connectivity index (χ0) is 34.4. The van der Waals surface area contributed by atoms with Crippen molar-refractivity contribution in [2.24, 2.45) is 0 Å². The highest BCUT2D eigenvalue weighted by molar-refractivity contribution is 7.80. The standard InChI is InChI=1S/C36H28N2O10S/c39-30(22-13-5-1-6-14-22)44-21-26-27(45-31(40)23-15-7-2-8-16-23)28(46-32(41)24-17-9-3-10-18-24)29(36(48-26)34(43)37-35(49)38-36)47-33(42)25-19-11-4-12-20-25/h1-20,26-29H,21H2,(H2,37,38,43,49)/t26-,27-,28+,29-,36+/m1/s1. The van der Waals surface area contributed by atoms with Gasteiger partial charge in [-0.1, -0.05) is 72.8 Å². The average Bonchev–Trinajstić information content (AvgIpc) is 3.43. The summed E-state index contributed by atoms with van der Waals surface area (Å²) < 4.78 is 29.7. The Morgan fingerprint density at radius 2 is 1.02 bits per heavy atom. The van der Waals surface area contributed by atoms with Crippen LogP contribution in [0.1, 0.15) is 41.4 Å². The summed E-state index contributed by atoms with van der Waals surface area (Å²) in [5.41, 5.74) is -1.76. The number of ether oxygens (including phenoxy) is 5. The van der Waals surface area contributed by atoms with Gasteiger partial charge in [-0.3, -0.25) is 10.1 Å². The molecular weight excluding hydrogens is 652 g/mol. The SMILES string of the molecule is O=C(OC[C@H]1O[C@@]2(NC(=S)NC2=O)[C@H](OC(=O)c2ccccc2)[C@@H](OC(=O)c2ccccc2)[C@@H]1OC(=O)c1ccccc1)c1ccccc1. The minimum absolute atomic E-state index is 0.100. The van der Waals surface area contributed by atoms with Crippen LogP contribution in [0.3, 0.4) is 0 Å². The first kappa shape index (κ1) is 33.0. The lowest BCUT2D eigenvalue weighted by atomic mass is 9.89. The van der Waals surface area contributed by atoms with E-state index in [1.807, 2.05) is 0 Å². The Kier molecular flexibility index (Phi) is 9.74. The molecule has 5 atom stereocenters. The van der Waals surface area contributed by atoms with Gasteiger partial charge in [-0.05, 0) is 60.7 Å². The van der Waals surface area contributed by atoms with Crippen LogP contribution in [0.4, 0.5) is 0 Å². The number of hydrogen-bond donors (Lipinski definition) is 2. The molecule has 0 aromatic heterocycles. The van der Waals surface area contributed by atoms with Crippen molar-refractivity contribution in [2.75, 3.05) is 6.61 Å². The largest absolute Gasteiger partial charge is 0.459 e. The van der Waals surface area contributed by atoms with Gasteiger partial charge in [0, 0.05) is 0 Å². The molecule has 1 spiro atoms. The molecule has 4 aromatic carbocycles. The number of nitrogens with one attached hydrogen (secondary N) is 2. The highest BCUT2D eigenvalue weighted by Crippen LogP contribution is 2.37. The van der Waals surface area contributed by atoms with E-state index in [0.717, 1.165) is 0 Å². The van der Waals surface area contributed by atoms with Gasteiger partial charge in [-0.2, -0.15) is 0 Å². The molecule has 0 bridgehead atoms. The molecule has 248 valence electrons. The summed E-state index contributed by atoms with van der Waals surface area (Å²) in [7, 11) is 0. The number of amides is 1. The molecule has 4 aromatic rings. The fourth-order valence-corrected chi connectivity index (χ4v) is 5.62. The molecule has 0 radical (unpaired) electrons. The molecule has 1 amide bonds. The monoisotopic (exact) mass is 680 g/mol. The first-order valence-electron chi connectivity index (χ1n) is 15.1. The predicted octanol–water partition coefficient (Wildman–Crippen LogP) is 3.62. The number of hydrogen-bond acceptors (Lipinski definition) is 11. The summed E-state index contributed by atoms with van der Waals surface area (Å²) in [6.07, 6.45) is -6.60. The summed E-state index contributed by atoms with van der Waals surface area (Å²) in [5.74, 6) is -4.32. The van der Waals surface area contributed by atoms with Gasteiger partial charge in [0.05, 0.1) is 22.3 Å². The lowest BCUT2D eigenvalue weighted by Gasteiger charge is -2.48. The molecule has 6 rings (SSSR count). The highest BCUT2D eigenvalue weighted by atomic mass is 32.1. The Bertz CT molecular complexity index is 1860. The van der Waals surface area contributed by atoms with Crippen molar-refractivity contribution in [1.82, 2.24) is 10.6 Å². The topological polar surface area (TPSA) is 156 Å². The van der Waals surface area contributed by atoms with Crippen LogP contribution in [0, 0.1) is 0 Å². The Morgan fingerprint density at radius 1 is 0.612 bits per heavy atom. The van der Waals surface area contributed by atoms with E-state index >= 15 is 0 Å². The molecule has 0 unspecified atom stereocenters. The Balaban J connectivity index is 1.44. The van der Waals surface area contributed by atoms with Crippen LogP contribution >= 0.6 is 12.2 Å². The minimum Gasteiger partial charge on any atom is -0.459 e. The molecular formula is C36H28N2O10S. The lowest BCUT2D eigenvalue weighted by molar-refractivity contribution is -0.265. The smallest absolute Gasteiger partial charge is 0.338 e. The Labute approximate surface area is 285 Å². The predicted molar refractivity (Wildman–Crippen MR) is 175 cm³/mol. The minimum atomic E-state index is -2.32. The van der Waals surface area contributed by atoms with Crippen molar-refractivity contribution in [3.63, 3.8) is 0 Å². The van der Waals surface area contributed by atoms with E-state index in [2.05, 4.69) is 10.6 Å². The third kappa shape index (κ3) is 7.17. The summed E-state index contributed by atoms with van der Waals surface area (Å²) in [4.78, 5) is 67.5. The zero-order valence-electron chi connectivity index (χ0n) is 25.6. The van der Waals surface area contributed by atoms with Gasteiger partial charge in [-0.25, -0.2) is 19.2 Å². The maximum Gasteiger partial charge on any atom is 0.338 e. The van der Waals surface area contributed by atoms with Gasteiger partial charge in [0.1, 0.15) is 12.7 Å². The molecule has 2 aliphatic rings. The Morgan fingerprint density at radius 3 is 1.45 bits per heavy atom. The second-order valence-corrected chi connectivity index (χ2v) is 11.3. The number of benzene rings is 4. The fourth-order valence-electron chi connectivity index (χ4n) is 5.38. The van der Waals surface area contributed by atoms with E-state index in [4.69, 9.17) is 35.9 Å². The van der Waals surface area contributed by atoms with Gasteiger partial charge < -0.3 is 29.0 Å². The molecule has 0 aliphatic carbocycles. The molecule has 2 heterocycles. The van der Waals surface area contributed by atoms with Crippen LogP contribution in [-0.2, 0) is 28.5 Å². The molecule has 12 nitrogen and oxygen atoms in total. The average molecular weight is 681 g/mol. The Hall–Kier alpha value is -5.92. The molecule has 2 fully saturated rings. The molecule has 2 saturated heterocycles. The van der Waals surface area contributed by atoms with E-state index in [0.29, 0.717) is 0 Å². The van der Waals surface area contributed by atoms with Crippen LogP contribution in [0.5, 0.6) is 0 Å². The van der Waals surface area contributed by atoms with Crippen molar-refractivity contribution in [3.05, 3.63) is 144 Å². The quantitative estimate of drug-likeness (QED) is 0.151. The number of carbonyl (C=O) groups is 5. The second-order valence-electron chi connectivity index (χ2n) is 10.9. The number of rotatable bonds is 9. The van der Waals surface area contributed by atoms with Crippen LogP contribution < -0.4 is 10.6 Å². The van der Waals surface area contributed by atoms with Gasteiger partial charge in [-0.15, -0.1) is 0 Å². The highest BCUT2D eigenvalue weighted by Gasteiger charge is 2.66. The summed E-state index contributed by atoms with van der Waals surface area (Å²) in [6.45, 7) is -0.595. The molecule has 2 aliphatic heterocycles. The molecule has 2 N–H and O–H groups in total. The first-order valence-corrected chi connectivity index (χ1v) is 15.5. The number of thiocarbonyl (C=S) groups is 1. The van der Waals surface area contributed by atoms with E-state index in [1.54, 1.807) is 72.8 Å². The molecule has 13 heteroatoms. The van der Waals surface area contributed by atoms with Gasteiger partial charge in [0.25, 0.3) is 11.6 Å². The van der Waals surface area contributed by atoms with E-state index in [-0.39, 0.29) is 27.4 Å². The van der Waals surface area contributed by atoms with E-state index in [1.165, 1.54) is 48.5 Å². The fraction of sp³-hybridized carbons (Fsp3) is 0.167. The number of carbonyl (C=O) groups excluding carboxylic acids is 5. The second kappa shape index (κ2) is 14.5. The third-order valence-corrected chi connectivity index (χ3v) is 7.93. The third-order valence-electron chi connectivity index (χ3n) is 7.73. The summed E-state index contributed by atoms with van der Waals surface area (Å²) in [6, 6.07) is 31.8. The molecule has 0 saturated carbocycles. The first-order chi connectivity index (χ1) is 23.7. The van der Waals surface area contributed by atoms with Crippen molar-refractivity contribution in [1.29, 1.82) is 0 Å². The maximum absolute atomic E-state index is 13.7. The molecule has 49 heavy (non-hydrogen) atoms. The zero-order valence-corrected chi connectivity index (χ0v) is 26.4. The van der Waals surface area contributed by atoms with Crippen molar-refractivity contribution in [3.8, 4) is 0 Å². The van der Waals surface area contributed by atoms with Crippen molar-refractivity contribution in [2.45, 2.75) is 30.1 Å². The van der Waals surface area contributed by atoms with E-state index < -0.39 is 66.5 Å². The van der Waals surface area contributed by atoms with Gasteiger partial charge in [0.2, 0.25) is 0 Å². The normalized spacial score (nSPS) is 22.7. The van der Waals surface area contributed by atoms with Gasteiger partial charge >= 0.3 is 23.9 Å². The van der Waals surface area contributed by atoms with Crippen LogP contribution in [-0.4, -0.2) is 71.6 Å².